The summed E-state index contributed by atoms with van der Waals surface area (Å²) in [6, 6.07) is 5.03. The second-order valence-electron chi connectivity index (χ2n) is 4.37. The number of hydrogen-bond acceptors (Lipinski definition) is 1. The number of carbonyl (C=O) groups excluding carboxylic acids is 1. The molecule has 0 unspecified atom stereocenters. The smallest absolute Gasteiger partial charge is 0.155 e. The molecule has 0 atom stereocenters. The van der Waals surface area contributed by atoms with E-state index in [1.54, 1.807) is 12.1 Å². The summed E-state index contributed by atoms with van der Waals surface area (Å²) in [5.41, 5.74) is 2.02. The molecule has 3 heteroatoms. The first-order valence-electron chi connectivity index (χ1n) is 5.82. The van der Waals surface area contributed by atoms with Crippen molar-refractivity contribution in [1.82, 2.24) is 0 Å². The molecule has 1 aromatic rings. The van der Waals surface area contributed by atoms with E-state index in [2.05, 4.69) is 15.9 Å². The minimum absolute atomic E-state index is 0.199. The van der Waals surface area contributed by atoms with Crippen molar-refractivity contribution in [1.29, 1.82) is 0 Å². The number of allylic oxidation sites excluding steroid dienone is 2. The molecule has 0 heterocycles. The van der Waals surface area contributed by atoms with Crippen LogP contribution in [0.4, 0.5) is 4.39 Å². The second kappa shape index (κ2) is 5.58. The Labute approximate surface area is 109 Å². The molecule has 0 aromatic heterocycles. The summed E-state index contributed by atoms with van der Waals surface area (Å²) < 4.78 is 13.9. The van der Waals surface area contributed by atoms with Crippen molar-refractivity contribution in [3.63, 3.8) is 0 Å². The lowest BCUT2D eigenvalue weighted by molar-refractivity contribution is -0.114. The molecule has 1 aliphatic carbocycles. The minimum atomic E-state index is -0.247. The molecule has 2 rings (SSSR count). The highest BCUT2D eigenvalue weighted by atomic mass is 79.9. The lowest BCUT2D eigenvalue weighted by Gasteiger charge is -2.07. The molecule has 1 nitrogen and oxygen atoms in total. The van der Waals surface area contributed by atoms with Crippen LogP contribution in [-0.4, -0.2) is 5.78 Å². The third-order valence-electron chi connectivity index (χ3n) is 2.99. The molecular weight excluding hydrogens is 283 g/mol. The Hall–Kier alpha value is -0.960. The lowest BCUT2D eigenvalue weighted by atomic mass is 10.0. The topological polar surface area (TPSA) is 17.1 Å². The molecule has 0 saturated heterocycles. The zero-order valence-corrected chi connectivity index (χ0v) is 11.1. The predicted molar refractivity (Wildman–Crippen MR) is 69.4 cm³/mol. The number of rotatable bonds is 2. The Bertz CT molecular complexity index is 465. The van der Waals surface area contributed by atoms with E-state index in [-0.39, 0.29) is 11.6 Å². The van der Waals surface area contributed by atoms with Gasteiger partial charge in [0.1, 0.15) is 5.82 Å². The van der Waals surface area contributed by atoms with Crippen LogP contribution >= 0.6 is 15.9 Å². The normalized spacial score (nSPS) is 16.6. The summed E-state index contributed by atoms with van der Waals surface area (Å²) in [6.07, 6.45) is 5.99. The zero-order valence-electron chi connectivity index (χ0n) is 9.51. The molecule has 0 fully saturated rings. The summed E-state index contributed by atoms with van der Waals surface area (Å²) in [6.45, 7) is 0. The predicted octanol–water partition coefficient (Wildman–Crippen LogP) is 4.20. The summed E-state index contributed by atoms with van der Waals surface area (Å²) in [5.74, 6) is -0.0481. The standard InChI is InChI=1S/C14H14BrFO/c15-14-11(5-3-7-13(14)16)8-10-4-1-2-6-12(17)9-10/h3,5,7,9H,1-2,4,6,8H2. The number of halogens is 2. The molecule has 17 heavy (non-hydrogen) atoms. The van der Waals surface area contributed by atoms with Crippen LogP contribution < -0.4 is 0 Å². The Morgan fingerprint density at radius 2 is 2.00 bits per heavy atom. The first-order valence-corrected chi connectivity index (χ1v) is 6.61. The van der Waals surface area contributed by atoms with Gasteiger partial charge in [0.2, 0.25) is 0 Å². The van der Waals surface area contributed by atoms with Gasteiger partial charge >= 0.3 is 0 Å². The third kappa shape index (κ3) is 3.25. The highest BCUT2D eigenvalue weighted by Crippen LogP contribution is 2.25. The fourth-order valence-corrected chi connectivity index (χ4v) is 2.50. The first kappa shape index (κ1) is 12.5. The molecule has 0 aliphatic heterocycles. The van der Waals surface area contributed by atoms with Crippen LogP contribution in [0.2, 0.25) is 0 Å². The Morgan fingerprint density at radius 3 is 2.82 bits per heavy atom. The van der Waals surface area contributed by atoms with E-state index in [1.807, 2.05) is 6.07 Å². The van der Waals surface area contributed by atoms with Gasteiger partial charge in [-0.15, -0.1) is 0 Å². The molecule has 0 radical (unpaired) electrons. The molecule has 1 aliphatic rings. The van der Waals surface area contributed by atoms with E-state index in [1.165, 1.54) is 6.07 Å². The monoisotopic (exact) mass is 296 g/mol. The average molecular weight is 297 g/mol. The first-order chi connectivity index (χ1) is 8.16. The summed E-state index contributed by atoms with van der Waals surface area (Å²) in [4.78, 5) is 11.5. The van der Waals surface area contributed by atoms with E-state index < -0.39 is 0 Å². The van der Waals surface area contributed by atoms with Crippen LogP contribution in [0.15, 0.2) is 34.3 Å². The largest absolute Gasteiger partial charge is 0.295 e. The molecule has 0 saturated carbocycles. The van der Waals surface area contributed by atoms with Crippen LogP contribution in [-0.2, 0) is 11.2 Å². The van der Waals surface area contributed by atoms with Crippen LogP contribution in [0.5, 0.6) is 0 Å². The van der Waals surface area contributed by atoms with Crippen molar-refractivity contribution in [2.75, 3.05) is 0 Å². The Kier molecular flexibility index (Phi) is 4.11. The molecule has 90 valence electrons. The van der Waals surface area contributed by atoms with Crippen LogP contribution in [0.1, 0.15) is 31.2 Å². The average Bonchev–Trinajstić information content (AvgIpc) is 2.49. The number of benzene rings is 1. The van der Waals surface area contributed by atoms with Gasteiger partial charge in [0, 0.05) is 6.42 Å². The van der Waals surface area contributed by atoms with Gasteiger partial charge in [0.15, 0.2) is 5.78 Å². The van der Waals surface area contributed by atoms with Gasteiger partial charge in [-0.05, 0) is 59.3 Å². The van der Waals surface area contributed by atoms with E-state index in [4.69, 9.17) is 0 Å². The fourth-order valence-electron chi connectivity index (χ4n) is 2.09. The number of carbonyl (C=O) groups is 1. The van der Waals surface area contributed by atoms with Crippen LogP contribution in [0.25, 0.3) is 0 Å². The highest BCUT2D eigenvalue weighted by Gasteiger charge is 2.11. The summed E-state index contributed by atoms with van der Waals surface area (Å²) in [5, 5.41) is 0. The van der Waals surface area contributed by atoms with Crippen molar-refractivity contribution in [3.05, 3.63) is 45.7 Å². The quantitative estimate of drug-likeness (QED) is 0.799. The molecule has 0 bridgehead atoms. The van der Waals surface area contributed by atoms with Gasteiger partial charge in [0.05, 0.1) is 4.47 Å². The van der Waals surface area contributed by atoms with E-state index in [0.717, 1.165) is 30.4 Å². The molecular formula is C14H14BrFO. The van der Waals surface area contributed by atoms with Crippen molar-refractivity contribution >= 4 is 21.7 Å². The van der Waals surface area contributed by atoms with Crippen molar-refractivity contribution in [3.8, 4) is 0 Å². The SMILES string of the molecule is O=C1C=C(Cc2cccc(F)c2Br)CCCC1. The second-order valence-corrected chi connectivity index (χ2v) is 5.16. The maximum absolute atomic E-state index is 13.4. The number of hydrogen-bond donors (Lipinski definition) is 0. The van der Waals surface area contributed by atoms with Gasteiger partial charge in [-0.1, -0.05) is 17.7 Å². The highest BCUT2D eigenvalue weighted by molar-refractivity contribution is 9.10. The molecule has 0 N–H and O–H groups in total. The third-order valence-corrected chi connectivity index (χ3v) is 3.87. The maximum atomic E-state index is 13.4. The van der Waals surface area contributed by atoms with Crippen molar-refractivity contribution in [2.24, 2.45) is 0 Å². The maximum Gasteiger partial charge on any atom is 0.155 e. The van der Waals surface area contributed by atoms with Crippen LogP contribution in [0.3, 0.4) is 0 Å². The van der Waals surface area contributed by atoms with Gasteiger partial charge < -0.3 is 0 Å². The van der Waals surface area contributed by atoms with Gasteiger partial charge in [-0.3, -0.25) is 4.79 Å². The van der Waals surface area contributed by atoms with Gasteiger partial charge in [-0.2, -0.15) is 0 Å². The number of ketones is 1. The molecule has 0 amide bonds. The van der Waals surface area contributed by atoms with Crippen molar-refractivity contribution < 1.29 is 9.18 Å². The fraction of sp³-hybridized carbons (Fsp3) is 0.357. The lowest BCUT2D eigenvalue weighted by Crippen LogP contribution is -1.96. The minimum Gasteiger partial charge on any atom is -0.295 e. The summed E-state index contributed by atoms with van der Waals surface area (Å²) in [7, 11) is 0. The van der Waals surface area contributed by atoms with E-state index in [9.17, 15) is 9.18 Å². The molecule has 1 aromatic carbocycles. The van der Waals surface area contributed by atoms with E-state index >= 15 is 0 Å². The Balaban J connectivity index is 2.20. The van der Waals surface area contributed by atoms with Gasteiger partial charge in [-0.25, -0.2) is 4.39 Å². The Morgan fingerprint density at radius 1 is 1.24 bits per heavy atom. The zero-order chi connectivity index (χ0) is 12.3. The van der Waals surface area contributed by atoms with E-state index in [0.29, 0.717) is 17.3 Å². The van der Waals surface area contributed by atoms with Gasteiger partial charge in [0.25, 0.3) is 0 Å². The van der Waals surface area contributed by atoms with Crippen LogP contribution in [0, 0.1) is 5.82 Å². The summed E-state index contributed by atoms with van der Waals surface area (Å²) >= 11 is 3.25. The van der Waals surface area contributed by atoms with Crippen molar-refractivity contribution in [2.45, 2.75) is 32.1 Å². The molecule has 0 spiro atoms.